The third-order valence-corrected chi connectivity index (χ3v) is 5.83. The first-order valence-electron chi connectivity index (χ1n) is 9.21. The fourth-order valence-corrected chi connectivity index (χ4v) is 4.10. The largest absolute Gasteiger partial charge is 0.497 e. The highest BCUT2D eigenvalue weighted by molar-refractivity contribution is 7.13. The van der Waals surface area contributed by atoms with Gasteiger partial charge in [0, 0.05) is 43.8 Å². The quantitative estimate of drug-likeness (QED) is 0.677. The molecule has 3 aromatic rings. The van der Waals surface area contributed by atoms with Crippen molar-refractivity contribution in [2.75, 3.05) is 31.6 Å². The Morgan fingerprint density at radius 2 is 1.89 bits per heavy atom. The Kier molecular flexibility index (Phi) is 5.25. The molecule has 1 aliphatic rings. The smallest absolute Gasteiger partial charge is 0.257 e. The molecule has 7 heteroatoms. The van der Waals surface area contributed by atoms with Crippen molar-refractivity contribution >= 4 is 22.9 Å². The number of benzene rings is 1. The number of piperazine rings is 1. The molecule has 0 unspecified atom stereocenters. The summed E-state index contributed by atoms with van der Waals surface area (Å²) in [4.78, 5) is 26.9. The van der Waals surface area contributed by atoms with Crippen LogP contribution >= 0.6 is 11.3 Å². The van der Waals surface area contributed by atoms with E-state index in [1.54, 1.807) is 30.8 Å². The summed E-state index contributed by atoms with van der Waals surface area (Å²) in [6.45, 7) is 4.32. The Morgan fingerprint density at radius 1 is 1.14 bits per heavy atom. The first kappa shape index (κ1) is 18.4. The molecule has 0 radical (unpaired) electrons. The predicted octanol–water partition coefficient (Wildman–Crippen LogP) is 3.56. The normalized spacial score (nSPS) is 16.9. The number of ether oxygens (including phenoxy) is 1. The zero-order valence-electron chi connectivity index (χ0n) is 15.9. The van der Waals surface area contributed by atoms with Crippen LogP contribution in [0.3, 0.4) is 0 Å². The van der Waals surface area contributed by atoms with Crippen LogP contribution in [0, 0.1) is 0 Å². The lowest BCUT2D eigenvalue weighted by Crippen LogP contribution is -2.54. The number of rotatable bonds is 4. The number of carbonyl (C=O) groups excluding carboxylic acids is 1. The van der Waals surface area contributed by atoms with E-state index in [0.29, 0.717) is 17.9 Å². The van der Waals surface area contributed by atoms with Gasteiger partial charge in [-0.3, -0.25) is 4.79 Å². The number of methoxy groups -OCH3 is 1. The number of thiophene rings is 1. The maximum absolute atomic E-state index is 12.9. The Morgan fingerprint density at radius 3 is 2.50 bits per heavy atom. The molecule has 1 fully saturated rings. The molecular weight excluding hydrogens is 372 g/mol. The van der Waals surface area contributed by atoms with E-state index in [9.17, 15) is 4.79 Å². The highest BCUT2D eigenvalue weighted by Crippen LogP contribution is 2.24. The molecule has 144 valence electrons. The molecule has 0 bridgehead atoms. The number of nitrogens with zero attached hydrogens (tertiary/aromatic N) is 4. The number of hydrogen-bond donors (Lipinski definition) is 0. The van der Waals surface area contributed by atoms with E-state index >= 15 is 0 Å². The molecule has 0 saturated carbocycles. The van der Waals surface area contributed by atoms with Crippen LogP contribution in [-0.4, -0.2) is 53.6 Å². The maximum atomic E-state index is 12.9. The first-order chi connectivity index (χ1) is 13.7. The van der Waals surface area contributed by atoms with Crippen LogP contribution < -0.4 is 9.64 Å². The lowest BCUT2D eigenvalue weighted by atomic mass is 10.1. The van der Waals surface area contributed by atoms with Crippen molar-refractivity contribution in [1.82, 2.24) is 14.9 Å². The van der Waals surface area contributed by atoms with Gasteiger partial charge in [0.05, 0.1) is 17.6 Å². The summed E-state index contributed by atoms with van der Waals surface area (Å²) in [5.41, 5.74) is 1.67. The van der Waals surface area contributed by atoms with Crippen molar-refractivity contribution in [2.45, 2.75) is 13.0 Å². The van der Waals surface area contributed by atoms with Crippen LogP contribution in [0.1, 0.15) is 17.3 Å². The van der Waals surface area contributed by atoms with Crippen LogP contribution in [0.4, 0.5) is 5.69 Å². The van der Waals surface area contributed by atoms with E-state index in [0.717, 1.165) is 29.4 Å². The summed E-state index contributed by atoms with van der Waals surface area (Å²) in [6.07, 6.45) is 3.26. The van der Waals surface area contributed by atoms with Crippen molar-refractivity contribution in [2.24, 2.45) is 0 Å². The number of anilines is 1. The Bertz CT molecular complexity index is 926. The fourth-order valence-electron chi connectivity index (χ4n) is 3.42. The second-order valence-corrected chi connectivity index (χ2v) is 7.71. The summed E-state index contributed by atoms with van der Waals surface area (Å²) < 4.78 is 5.22. The molecule has 2 aromatic heterocycles. The highest BCUT2D eigenvalue weighted by Gasteiger charge is 2.28. The van der Waals surface area contributed by atoms with Gasteiger partial charge in [0.2, 0.25) is 0 Å². The molecule has 0 spiro atoms. The van der Waals surface area contributed by atoms with Gasteiger partial charge in [-0.25, -0.2) is 9.97 Å². The van der Waals surface area contributed by atoms with Crippen LogP contribution in [0.15, 0.2) is 54.2 Å². The minimum Gasteiger partial charge on any atom is -0.497 e. The molecule has 3 heterocycles. The van der Waals surface area contributed by atoms with Crippen LogP contribution in [-0.2, 0) is 0 Å². The molecular formula is C21H22N4O2S. The molecule has 6 nitrogen and oxygen atoms in total. The first-order valence-corrected chi connectivity index (χ1v) is 10.1. The van der Waals surface area contributed by atoms with E-state index in [4.69, 9.17) is 4.74 Å². The van der Waals surface area contributed by atoms with Gasteiger partial charge in [-0.15, -0.1) is 11.3 Å². The average Bonchev–Trinajstić information content (AvgIpc) is 3.28. The average molecular weight is 395 g/mol. The maximum Gasteiger partial charge on any atom is 0.257 e. The molecule has 1 amide bonds. The molecule has 1 atom stereocenters. The van der Waals surface area contributed by atoms with Gasteiger partial charge in [-0.1, -0.05) is 6.07 Å². The summed E-state index contributed by atoms with van der Waals surface area (Å²) in [5, 5.41) is 1.99. The van der Waals surface area contributed by atoms with E-state index in [1.165, 1.54) is 0 Å². The van der Waals surface area contributed by atoms with Crippen LogP contribution in [0.5, 0.6) is 5.75 Å². The van der Waals surface area contributed by atoms with Gasteiger partial charge >= 0.3 is 0 Å². The van der Waals surface area contributed by atoms with Gasteiger partial charge in [0.15, 0.2) is 5.82 Å². The standard InChI is InChI=1S/C21H22N4O2S/c1-15-14-24(17-5-7-18(27-2)8-6-17)9-10-25(15)21(26)16-12-22-20(23-13-16)19-4-3-11-28-19/h3-8,11-13,15H,9-10,14H2,1-2H3/t15-/m1/s1. The second-order valence-electron chi connectivity index (χ2n) is 6.76. The molecule has 1 aromatic carbocycles. The van der Waals surface area contributed by atoms with Gasteiger partial charge < -0.3 is 14.5 Å². The van der Waals surface area contributed by atoms with Gasteiger partial charge in [-0.2, -0.15) is 0 Å². The van der Waals surface area contributed by atoms with E-state index in [-0.39, 0.29) is 11.9 Å². The molecule has 4 rings (SSSR count). The van der Waals surface area contributed by atoms with E-state index in [2.05, 4.69) is 33.9 Å². The lowest BCUT2D eigenvalue weighted by Gasteiger charge is -2.41. The molecule has 1 saturated heterocycles. The van der Waals surface area contributed by atoms with Gasteiger partial charge in [0.1, 0.15) is 5.75 Å². The predicted molar refractivity (Wildman–Crippen MR) is 111 cm³/mol. The Hall–Kier alpha value is -2.93. The summed E-state index contributed by atoms with van der Waals surface area (Å²) in [7, 11) is 1.66. The van der Waals surface area contributed by atoms with E-state index in [1.807, 2.05) is 34.5 Å². The minimum absolute atomic E-state index is 0.0142. The SMILES string of the molecule is COc1ccc(N2CCN(C(=O)c3cnc(-c4cccs4)nc3)[C@H](C)C2)cc1. The zero-order valence-corrected chi connectivity index (χ0v) is 16.7. The van der Waals surface area contributed by atoms with Crippen LogP contribution in [0.25, 0.3) is 10.7 Å². The fraction of sp³-hybridized carbons (Fsp3) is 0.286. The van der Waals surface area contributed by atoms with Crippen molar-refractivity contribution in [3.63, 3.8) is 0 Å². The molecule has 1 aliphatic heterocycles. The zero-order chi connectivity index (χ0) is 19.5. The number of amides is 1. The topological polar surface area (TPSA) is 58.6 Å². The third-order valence-electron chi connectivity index (χ3n) is 4.97. The Balaban J connectivity index is 1.43. The highest BCUT2D eigenvalue weighted by atomic mass is 32.1. The monoisotopic (exact) mass is 394 g/mol. The summed E-state index contributed by atoms with van der Waals surface area (Å²) >= 11 is 1.59. The number of hydrogen-bond acceptors (Lipinski definition) is 6. The number of carbonyl (C=O) groups is 1. The van der Waals surface area contributed by atoms with Gasteiger partial charge in [0.25, 0.3) is 5.91 Å². The van der Waals surface area contributed by atoms with Crippen molar-refractivity contribution in [3.05, 3.63) is 59.7 Å². The van der Waals surface area contributed by atoms with Gasteiger partial charge in [-0.05, 0) is 42.6 Å². The van der Waals surface area contributed by atoms with Crippen molar-refractivity contribution < 1.29 is 9.53 Å². The third kappa shape index (κ3) is 3.71. The van der Waals surface area contributed by atoms with Crippen molar-refractivity contribution in [3.8, 4) is 16.5 Å². The molecule has 0 aliphatic carbocycles. The minimum atomic E-state index is -0.0142. The second kappa shape index (κ2) is 7.98. The van der Waals surface area contributed by atoms with E-state index < -0.39 is 0 Å². The molecule has 28 heavy (non-hydrogen) atoms. The van der Waals surface area contributed by atoms with Crippen LogP contribution in [0.2, 0.25) is 0 Å². The summed E-state index contributed by atoms with van der Waals surface area (Å²) in [6, 6.07) is 12.1. The summed E-state index contributed by atoms with van der Waals surface area (Å²) in [5.74, 6) is 1.49. The number of aromatic nitrogens is 2. The lowest BCUT2D eigenvalue weighted by molar-refractivity contribution is 0.0673. The van der Waals surface area contributed by atoms with Crippen molar-refractivity contribution in [1.29, 1.82) is 0 Å². The molecule has 0 N–H and O–H groups in total. The Labute approximate surface area is 168 Å².